The molecular formula is C18H18F2O. The minimum Gasteiger partial charge on any atom is -0.381 e. The minimum atomic E-state index is -1.55. The van der Waals surface area contributed by atoms with Gasteiger partial charge < -0.3 is 5.11 Å². The van der Waals surface area contributed by atoms with E-state index in [4.69, 9.17) is 0 Å². The van der Waals surface area contributed by atoms with Crippen LogP contribution in [-0.2, 0) is 5.60 Å². The quantitative estimate of drug-likeness (QED) is 0.882. The van der Waals surface area contributed by atoms with Crippen LogP contribution in [0.2, 0.25) is 0 Å². The van der Waals surface area contributed by atoms with Gasteiger partial charge >= 0.3 is 0 Å². The van der Waals surface area contributed by atoms with Gasteiger partial charge in [0.25, 0.3) is 0 Å². The molecule has 1 nitrogen and oxygen atoms in total. The molecule has 21 heavy (non-hydrogen) atoms. The van der Waals surface area contributed by atoms with E-state index in [-0.39, 0.29) is 5.56 Å². The zero-order chi connectivity index (χ0) is 15.0. The Morgan fingerprint density at radius 2 is 1.71 bits per heavy atom. The molecule has 3 heteroatoms. The van der Waals surface area contributed by atoms with Crippen LogP contribution in [0.15, 0.2) is 42.5 Å². The summed E-state index contributed by atoms with van der Waals surface area (Å²) in [6.45, 7) is 1.49. The Kier molecular flexibility index (Phi) is 3.54. The Labute approximate surface area is 123 Å². The first-order valence-electron chi connectivity index (χ1n) is 7.27. The third kappa shape index (κ3) is 2.46. The van der Waals surface area contributed by atoms with Crippen LogP contribution in [0.25, 0.3) is 0 Å². The van der Waals surface area contributed by atoms with Crippen molar-refractivity contribution in [3.63, 3.8) is 0 Å². The number of hydrogen-bond donors (Lipinski definition) is 1. The largest absolute Gasteiger partial charge is 0.381 e. The second-order valence-electron chi connectivity index (χ2n) is 5.92. The topological polar surface area (TPSA) is 20.2 Å². The third-order valence-corrected chi connectivity index (χ3v) is 4.53. The molecule has 0 amide bonds. The van der Waals surface area contributed by atoms with Crippen LogP contribution in [0.4, 0.5) is 8.78 Å². The summed E-state index contributed by atoms with van der Waals surface area (Å²) >= 11 is 0. The first-order valence-corrected chi connectivity index (χ1v) is 7.27. The summed E-state index contributed by atoms with van der Waals surface area (Å²) in [6.07, 6.45) is 3.67. The molecular weight excluding hydrogens is 270 g/mol. The summed E-state index contributed by atoms with van der Waals surface area (Å²) in [7, 11) is 0. The van der Waals surface area contributed by atoms with Crippen LogP contribution in [-0.4, -0.2) is 5.11 Å². The second-order valence-corrected chi connectivity index (χ2v) is 5.92. The maximum Gasteiger partial charge on any atom is 0.165 e. The van der Waals surface area contributed by atoms with Crippen molar-refractivity contribution in [3.05, 3.63) is 70.8 Å². The Morgan fingerprint density at radius 3 is 2.29 bits per heavy atom. The maximum absolute atomic E-state index is 13.9. The first-order chi connectivity index (χ1) is 10.00. The van der Waals surface area contributed by atoms with E-state index in [0.717, 1.165) is 6.07 Å². The fourth-order valence-corrected chi connectivity index (χ4v) is 2.86. The molecule has 2 aromatic rings. The van der Waals surface area contributed by atoms with Crippen LogP contribution < -0.4 is 0 Å². The number of rotatable bonds is 3. The summed E-state index contributed by atoms with van der Waals surface area (Å²) in [4.78, 5) is 0. The van der Waals surface area contributed by atoms with E-state index in [0.29, 0.717) is 11.5 Å². The van der Waals surface area contributed by atoms with E-state index >= 15 is 0 Å². The average molecular weight is 288 g/mol. The van der Waals surface area contributed by atoms with Crippen molar-refractivity contribution >= 4 is 0 Å². The number of halogens is 2. The van der Waals surface area contributed by atoms with Gasteiger partial charge in [0.05, 0.1) is 0 Å². The van der Waals surface area contributed by atoms with E-state index in [1.54, 1.807) is 12.1 Å². The molecule has 0 bridgehead atoms. The molecule has 1 N–H and O–H groups in total. The molecule has 0 aliphatic heterocycles. The highest BCUT2D eigenvalue weighted by atomic mass is 19.2. The van der Waals surface area contributed by atoms with Crippen LogP contribution in [0.1, 0.15) is 48.8 Å². The molecule has 110 valence electrons. The predicted octanol–water partition coefficient (Wildman–Crippen LogP) is 4.49. The van der Waals surface area contributed by atoms with E-state index in [1.165, 1.54) is 43.9 Å². The highest BCUT2D eigenvalue weighted by Gasteiger charge is 2.30. The zero-order valence-corrected chi connectivity index (χ0v) is 11.9. The lowest BCUT2D eigenvalue weighted by Crippen LogP contribution is -2.25. The normalized spacial score (nSPS) is 18.1. The van der Waals surface area contributed by atoms with Crippen molar-refractivity contribution in [2.75, 3.05) is 0 Å². The van der Waals surface area contributed by atoms with Gasteiger partial charge in [-0.3, -0.25) is 0 Å². The standard InChI is InChI=1S/C18H18F2O/c1-18(21,15-6-3-7-16(19)17(15)20)14-10-8-13(9-11-14)12-4-2-5-12/h3,6-12,21H,2,4-5H2,1H3. The van der Waals surface area contributed by atoms with Crippen molar-refractivity contribution in [1.82, 2.24) is 0 Å². The predicted molar refractivity (Wildman–Crippen MR) is 78.1 cm³/mol. The Balaban J connectivity index is 1.95. The molecule has 0 spiro atoms. The van der Waals surface area contributed by atoms with Gasteiger partial charge in [0.15, 0.2) is 11.6 Å². The number of benzene rings is 2. The van der Waals surface area contributed by atoms with Crippen LogP contribution in [0, 0.1) is 11.6 Å². The molecule has 0 saturated heterocycles. The fraction of sp³-hybridized carbons (Fsp3) is 0.333. The molecule has 0 aromatic heterocycles. The van der Waals surface area contributed by atoms with Crippen molar-refractivity contribution in [1.29, 1.82) is 0 Å². The smallest absolute Gasteiger partial charge is 0.165 e. The highest BCUT2D eigenvalue weighted by Crippen LogP contribution is 2.38. The minimum absolute atomic E-state index is 0.0427. The lowest BCUT2D eigenvalue weighted by Gasteiger charge is -2.28. The van der Waals surface area contributed by atoms with Gasteiger partial charge in [-0.25, -0.2) is 8.78 Å². The second kappa shape index (κ2) is 5.23. The van der Waals surface area contributed by atoms with Gasteiger partial charge in [-0.05, 0) is 42.9 Å². The molecule has 0 heterocycles. The summed E-state index contributed by atoms with van der Waals surface area (Å²) in [5, 5.41) is 10.7. The lowest BCUT2D eigenvalue weighted by atomic mass is 9.79. The number of aliphatic hydroxyl groups is 1. The number of hydrogen-bond acceptors (Lipinski definition) is 1. The Morgan fingerprint density at radius 1 is 1.05 bits per heavy atom. The van der Waals surface area contributed by atoms with Gasteiger partial charge in [0.1, 0.15) is 5.60 Å². The molecule has 1 aliphatic rings. The van der Waals surface area contributed by atoms with E-state index in [2.05, 4.69) is 0 Å². The van der Waals surface area contributed by atoms with Gasteiger partial charge in [-0.15, -0.1) is 0 Å². The van der Waals surface area contributed by atoms with Gasteiger partial charge in [0, 0.05) is 5.56 Å². The van der Waals surface area contributed by atoms with Gasteiger partial charge in [-0.2, -0.15) is 0 Å². The molecule has 1 aliphatic carbocycles. The first kappa shape index (κ1) is 14.2. The molecule has 1 fully saturated rings. The maximum atomic E-state index is 13.9. The summed E-state index contributed by atoms with van der Waals surface area (Å²) < 4.78 is 27.3. The van der Waals surface area contributed by atoms with Crippen LogP contribution in [0.3, 0.4) is 0 Å². The summed E-state index contributed by atoms with van der Waals surface area (Å²) in [5.74, 6) is -1.33. The Hall–Kier alpha value is -1.74. The zero-order valence-electron chi connectivity index (χ0n) is 11.9. The van der Waals surface area contributed by atoms with E-state index in [9.17, 15) is 13.9 Å². The molecule has 1 unspecified atom stereocenters. The molecule has 2 aromatic carbocycles. The summed E-state index contributed by atoms with van der Waals surface area (Å²) in [6, 6.07) is 11.4. The Bertz CT molecular complexity index is 643. The van der Waals surface area contributed by atoms with Crippen molar-refractivity contribution in [3.8, 4) is 0 Å². The van der Waals surface area contributed by atoms with E-state index < -0.39 is 17.2 Å². The summed E-state index contributed by atoms with van der Waals surface area (Å²) in [5.41, 5.74) is 0.221. The monoisotopic (exact) mass is 288 g/mol. The average Bonchev–Trinajstić information content (AvgIpc) is 2.40. The van der Waals surface area contributed by atoms with Crippen molar-refractivity contribution < 1.29 is 13.9 Å². The third-order valence-electron chi connectivity index (χ3n) is 4.53. The highest BCUT2D eigenvalue weighted by molar-refractivity contribution is 5.38. The van der Waals surface area contributed by atoms with Crippen LogP contribution in [0.5, 0.6) is 0 Å². The molecule has 1 atom stereocenters. The molecule has 1 saturated carbocycles. The van der Waals surface area contributed by atoms with E-state index in [1.807, 2.05) is 12.1 Å². The van der Waals surface area contributed by atoms with Crippen molar-refractivity contribution in [2.24, 2.45) is 0 Å². The van der Waals surface area contributed by atoms with Gasteiger partial charge in [0.2, 0.25) is 0 Å². The molecule has 3 rings (SSSR count). The van der Waals surface area contributed by atoms with Crippen molar-refractivity contribution in [2.45, 2.75) is 37.7 Å². The van der Waals surface area contributed by atoms with Gasteiger partial charge in [-0.1, -0.05) is 42.8 Å². The van der Waals surface area contributed by atoms with Crippen LogP contribution >= 0.6 is 0 Å². The molecule has 0 radical (unpaired) electrons. The fourth-order valence-electron chi connectivity index (χ4n) is 2.86. The lowest BCUT2D eigenvalue weighted by molar-refractivity contribution is 0.0970. The SMILES string of the molecule is CC(O)(c1ccc(C2CCC2)cc1)c1cccc(F)c1F.